The zero-order chi connectivity index (χ0) is 20.6. The maximum atomic E-state index is 13.0. The van der Waals surface area contributed by atoms with Gasteiger partial charge in [-0.15, -0.1) is 11.3 Å². The first-order valence-corrected chi connectivity index (χ1v) is 8.99. The number of hydrogen-bond acceptors (Lipinski definition) is 5. The fourth-order valence-corrected chi connectivity index (χ4v) is 3.78. The molecule has 0 radical (unpaired) electrons. The lowest BCUT2D eigenvalue weighted by Gasteiger charge is -2.10. The van der Waals surface area contributed by atoms with Crippen LogP contribution in [0.2, 0.25) is 0 Å². The van der Waals surface area contributed by atoms with Crippen molar-refractivity contribution in [3.05, 3.63) is 40.2 Å². The molecule has 3 aromatic heterocycles. The summed E-state index contributed by atoms with van der Waals surface area (Å²) in [5.74, 6) is -1.27. The number of nitrogens with two attached hydrogens (primary N) is 1. The molecule has 0 bridgehead atoms. The number of thiophene rings is 1. The number of aryl methyl sites for hydroxylation is 3. The monoisotopic (exact) mass is 411 g/mol. The van der Waals surface area contributed by atoms with Gasteiger partial charge in [-0.3, -0.25) is 14.3 Å². The highest BCUT2D eigenvalue weighted by Gasteiger charge is 2.34. The van der Waals surface area contributed by atoms with E-state index in [4.69, 9.17) is 5.73 Å². The summed E-state index contributed by atoms with van der Waals surface area (Å²) in [4.78, 5) is 27.6. The summed E-state index contributed by atoms with van der Waals surface area (Å²) in [6, 6.07) is 2.67. The molecular weight excluding hydrogens is 395 g/mol. The standard InChI is InChI=1S/C17H16F3N5O2S/c1-8-7-10(17(18,19)20)22-16-12(8)13(14(28-16)15(21)27)23-11(26)4-6-25-5-3-9(2)24-25/h3,5,7H,4,6H2,1-2H3,(H2,21,27)(H,23,26). The second kappa shape index (κ2) is 7.23. The van der Waals surface area contributed by atoms with Crippen LogP contribution in [-0.4, -0.2) is 26.6 Å². The van der Waals surface area contributed by atoms with Crippen LogP contribution in [0.3, 0.4) is 0 Å². The zero-order valence-corrected chi connectivity index (χ0v) is 15.7. The van der Waals surface area contributed by atoms with Gasteiger partial charge >= 0.3 is 6.18 Å². The molecule has 0 aliphatic carbocycles. The fraction of sp³-hybridized carbons (Fsp3) is 0.294. The van der Waals surface area contributed by atoms with Crippen molar-refractivity contribution in [3.63, 3.8) is 0 Å². The first-order chi connectivity index (χ1) is 13.1. The van der Waals surface area contributed by atoms with Crippen LogP contribution in [0.25, 0.3) is 10.2 Å². The Morgan fingerprint density at radius 1 is 1.32 bits per heavy atom. The lowest BCUT2D eigenvalue weighted by molar-refractivity contribution is -0.141. The normalized spacial score (nSPS) is 11.8. The van der Waals surface area contributed by atoms with Gasteiger partial charge in [-0.1, -0.05) is 0 Å². The topological polar surface area (TPSA) is 103 Å². The van der Waals surface area contributed by atoms with E-state index in [1.807, 2.05) is 6.92 Å². The summed E-state index contributed by atoms with van der Waals surface area (Å²) >= 11 is 0.718. The molecule has 7 nitrogen and oxygen atoms in total. The molecule has 2 amide bonds. The Hall–Kier alpha value is -2.95. The Morgan fingerprint density at radius 2 is 2.04 bits per heavy atom. The molecule has 0 atom stereocenters. The third-order valence-electron chi connectivity index (χ3n) is 3.98. The second-order valence-corrected chi connectivity index (χ2v) is 7.19. The van der Waals surface area contributed by atoms with Crippen molar-refractivity contribution in [1.82, 2.24) is 14.8 Å². The zero-order valence-electron chi connectivity index (χ0n) is 14.9. The fourth-order valence-electron chi connectivity index (χ4n) is 2.73. The molecule has 28 heavy (non-hydrogen) atoms. The van der Waals surface area contributed by atoms with Gasteiger partial charge in [0.05, 0.1) is 11.4 Å². The summed E-state index contributed by atoms with van der Waals surface area (Å²) in [6.45, 7) is 3.58. The maximum absolute atomic E-state index is 13.0. The van der Waals surface area contributed by atoms with E-state index in [-0.39, 0.29) is 32.8 Å². The highest BCUT2D eigenvalue weighted by Crippen LogP contribution is 2.39. The summed E-state index contributed by atoms with van der Waals surface area (Å²) in [5, 5.41) is 7.04. The molecule has 3 aromatic rings. The third kappa shape index (κ3) is 3.98. The molecule has 0 unspecified atom stereocenters. The molecule has 0 saturated carbocycles. The number of halogens is 3. The minimum absolute atomic E-state index is 0.0147. The second-order valence-electron chi connectivity index (χ2n) is 6.19. The highest BCUT2D eigenvalue weighted by atomic mass is 32.1. The van der Waals surface area contributed by atoms with Gasteiger partial charge in [0, 0.05) is 24.5 Å². The molecule has 0 aliphatic rings. The van der Waals surface area contributed by atoms with E-state index in [1.54, 1.807) is 16.9 Å². The number of pyridine rings is 1. The number of nitrogens with zero attached hydrogens (tertiary/aromatic N) is 3. The number of aromatic nitrogens is 3. The Morgan fingerprint density at radius 3 is 2.61 bits per heavy atom. The van der Waals surface area contributed by atoms with Gasteiger partial charge in [-0.2, -0.15) is 18.3 Å². The predicted octanol–water partition coefficient (Wildman–Crippen LogP) is 3.26. The largest absolute Gasteiger partial charge is 0.433 e. The van der Waals surface area contributed by atoms with Gasteiger partial charge < -0.3 is 11.1 Å². The quantitative estimate of drug-likeness (QED) is 0.673. The molecule has 3 N–H and O–H groups in total. The average molecular weight is 411 g/mol. The number of rotatable bonds is 5. The number of fused-ring (bicyclic) bond motifs is 1. The van der Waals surface area contributed by atoms with E-state index in [9.17, 15) is 22.8 Å². The van der Waals surface area contributed by atoms with E-state index in [0.717, 1.165) is 23.1 Å². The number of amides is 2. The Bertz CT molecular complexity index is 1070. The summed E-state index contributed by atoms with van der Waals surface area (Å²) in [6.07, 6.45) is -2.84. The molecule has 148 valence electrons. The molecule has 3 rings (SSSR count). The molecule has 0 spiro atoms. The van der Waals surface area contributed by atoms with Crippen molar-refractivity contribution in [2.24, 2.45) is 5.73 Å². The highest BCUT2D eigenvalue weighted by molar-refractivity contribution is 7.21. The molecular formula is C17H16F3N5O2S. The number of carbonyl (C=O) groups is 2. The van der Waals surface area contributed by atoms with Gasteiger partial charge in [0.1, 0.15) is 15.4 Å². The SMILES string of the molecule is Cc1ccn(CCC(=O)Nc2c(C(N)=O)sc3nc(C(F)(F)F)cc(C)c23)n1. The van der Waals surface area contributed by atoms with E-state index in [1.165, 1.54) is 6.92 Å². The third-order valence-corrected chi connectivity index (χ3v) is 5.08. The smallest absolute Gasteiger partial charge is 0.365 e. The maximum Gasteiger partial charge on any atom is 0.433 e. The number of hydrogen-bond donors (Lipinski definition) is 2. The van der Waals surface area contributed by atoms with Crippen LogP contribution in [0.15, 0.2) is 18.3 Å². The minimum atomic E-state index is -4.62. The number of carbonyl (C=O) groups excluding carboxylic acids is 2. The van der Waals surface area contributed by atoms with Crippen LogP contribution in [0.4, 0.5) is 18.9 Å². The van der Waals surface area contributed by atoms with Gasteiger partial charge in [0.15, 0.2) is 0 Å². The van der Waals surface area contributed by atoms with Gasteiger partial charge in [-0.25, -0.2) is 4.98 Å². The summed E-state index contributed by atoms with van der Waals surface area (Å²) < 4.78 is 40.6. The van der Waals surface area contributed by atoms with Crippen LogP contribution in [0, 0.1) is 13.8 Å². The predicted molar refractivity (Wildman–Crippen MR) is 98.1 cm³/mol. The van der Waals surface area contributed by atoms with Crippen LogP contribution in [-0.2, 0) is 17.5 Å². The van der Waals surface area contributed by atoms with Crippen molar-refractivity contribution in [1.29, 1.82) is 0 Å². The van der Waals surface area contributed by atoms with Crippen molar-refractivity contribution in [3.8, 4) is 0 Å². The Kier molecular flexibility index (Phi) is 5.11. The molecule has 3 heterocycles. The number of alkyl halides is 3. The number of primary amides is 1. The van der Waals surface area contributed by atoms with E-state index < -0.39 is 23.7 Å². The van der Waals surface area contributed by atoms with E-state index >= 15 is 0 Å². The van der Waals surface area contributed by atoms with Gasteiger partial charge in [0.2, 0.25) is 5.91 Å². The molecule has 0 aromatic carbocycles. The van der Waals surface area contributed by atoms with E-state index in [0.29, 0.717) is 6.54 Å². The lowest BCUT2D eigenvalue weighted by atomic mass is 10.1. The van der Waals surface area contributed by atoms with Crippen molar-refractivity contribution in [2.45, 2.75) is 33.0 Å². The van der Waals surface area contributed by atoms with Crippen LogP contribution in [0.1, 0.15) is 33.0 Å². The molecule has 0 saturated heterocycles. The van der Waals surface area contributed by atoms with Crippen LogP contribution < -0.4 is 11.1 Å². The molecule has 0 aliphatic heterocycles. The number of anilines is 1. The van der Waals surface area contributed by atoms with Gasteiger partial charge in [0.25, 0.3) is 5.91 Å². The first-order valence-electron chi connectivity index (χ1n) is 8.17. The van der Waals surface area contributed by atoms with Crippen molar-refractivity contribution >= 4 is 39.1 Å². The first kappa shape index (κ1) is 19.8. The summed E-state index contributed by atoms with van der Waals surface area (Å²) in [5.41, 5.74) is 5.42. The van der Waals surface area contributed by atoms with Crippen molar-refractivity contribution in [2.75, 3.05) is 5.32 Å². The lowest BCUT2D eigenvalue weighted by Crippen LogP contribution is -2.18. The molecule has 11 heteroatoms. The Labute approximate surface area is 161 Å². The van der Waals surface area contributed by atoms with E-state index in [2.05, 4.69) is 15.4 Å². The minimum Gasteiger partial charge on any atom is -0.365 e. The molecule has 0 fully saturated rings. The Balaban J connectivity index is 1.93. The van der Waals surface area contributed by atoms with Crippen LogP contribution in [0.5, 0.6) is 0 Å². The van der Waals surface area contributed by atoms with Crippen molar-refractivity contribution < 1.29 is 22.8 Å². The number of nitrogens with one attached hydrogen (secondary N) is 1. The average Bonchev–Trinajstić information content (AvgIpc) is 3.16. The van der Waals surface area contributed by atoms with Crippen LogP contribution >= 0.6 is 11.3 Å². The van der Waals surface area contributed by atoms with Gasteiger partial charge in [-0.05, 0) is 31.5 Å². The summed E-state index contributed by atoms with van der Waals surface area (Å²) in [7, 11) is 0.